The average Bonchev–Trinajstić information content (AvgIpc) is 2.35. The van der Waals surface area contributed by atoms with Gasteiger partial charge in [-0.1, -0.05) is 17.7 Å². The van der Waals surface area contributed by atoms with Crippen LogP contribution in [0.15, 0.2) is 18.2 Å². The maximum Gasteiger partial charge on any atom is 0.122 e. The molecule has 0 aliphatic rings. The Hall–Kier alpha value is -1.10. The van der Waals surface area contributed by atoms with E-state index in [0.29, 0.717) is 13.0 Å². The summed E-state index contributed by atoms with van der Waals surface area (Å²) in [4.78, 5) is 2.00. The first-order valence-electron chi connectivity index (χ1n) is 7.13. The summed E-state index contributed by atoms with van der Waals surface area (Å²) in [6.07, 6.45) is -0.128. The van der Waals surface area contributed by atoms with Crippen LogP contribution >= 0.6 is 0 Å². The third kappa shape index (κ3) is 6.37. The smallest absolute Gasteiger partial charge is 0.122 e. The van der Waals surface area contributed by atoms with Crippen molar-refractivity contribution in [3.05, 3.63) is 29.3 Å². The van der Waals surface area contributed by atoms with Crippen LogP contribution in [0, 0.1) is 13.8 Å². The van der Waals surface area contributed by atoms with Gasteiger partial charge in [0.2, 0.25) is 0 Å². The van der Waals surface area contributed by atoms with Crippen LogP contribution in [0.2, 0.25) is 0 Å². The summed E-state index contributed by atoms with van der Waals surface area (Å²) >= 11 is 0. The molecule has 0 fully saturated rings. The van der Waals surface area contributed by atoms with E-state index in [1.54, 1.807) is 6.92 Å². The van der Waals surface area contributed by atoms with Gasteiger partial charge in [0.05, 0.1) is 6.10 Å². The fourth-order valence-electron chi connectivity index (χ4n) is 2.06. The van der Waals surface area contributed by atoms with E-state index in [4.69, 9.17) is 4.74 Å². The summed E-state index contributed by atoms with van der Waals surface area (Å²) in [6, 6.07) is 6.01. The molecule has 4 heteroatoms. The highest BCUT2D eigenvalue weighted by Gasteiger charge is 2.10. The number of aliphatic hydroxyl groups is 2. The predicted molar refractivity (Wildman–Crippen MR) is 81.2 cm³/mol. The number of rotatable bonds is 8. The van der Waals surface area contributed by atoms with Crippen LogP contribution in [0.1, 0.15) is 24.5 Å². The third-order valence-electron chi connectivity index (χ3n) is 3.21. The zero-order valence-corrected chi connectivity index (χ0v) is 13.0. The van der Waals surface area contributed by atoms with Gasteiger partial charge in [0.15, 0.2) is 0 Å². The number of hydrogen-bond acceptors (Lipinski definition) is 4. The highest BCUT2D eigenvalue weighted by molar-refractivity contribution is 5.35. The molecule has 2 atom stereocenters. The molecule has 0 radical (unpaired) electrons. The minimum Gasteiger partial charge on any atom is -0.491 e. The summed E-state index contributed by atoms with van der Waals surface area (Å²) in [5, 5.41) is 19.2. The molecule has 20 heavy (non-hydrogen) atoms. The molecular weight excluding hydrogens is 254 g/mol. The molecule has 2 N–H and O–H groups in total. The van der Waals surface area contributed by atoms with E-state index in [1.165, 1.54) is 5.56 Å². The van der Waals surface area contributed by atoms with Gasteiger partial charge in [-0.15, -0.1) is 0 Å². The van der Waals surface area contributed by atoms with Crippen LogP contribution in [-0.4, -0.2) is 54.1 Å². The molecule has 0 spiro atoms. The number of aryl methyl sites for hydroxylation is 2. The standard InChI is InChI=1S/C16H27NO3/c1-12-5-6-16(13(2)9-12)20-11-15(19)10-17(4)8-7-14(3)18/h5-6,9,14-15,18-19H,7-8,10-11H2,1-4H3. The van der Waals surface area contributed by atoms with Gasteiger partial charge in [-0.05, 0) is 45.9 Å². The second kappa shape index (κ2) is 8.25. The number of nitrogens with zero attached hydrogens (tertiary/aromatic N) is 1. The third-order valence-corrected chi connectivity index (χ3v) is 3.21. The van der Waals surface area contributed by atoms with Gasteiger partial charge in [0, 0.05) is 13.1 Å². The zero-order chi connectivity index (χ0) is 15.1. The lowest BCUT2D eigenvalue weighted by atomic mass is 10.1. The highest BCUT2D eigenvalue weighted by Crippen LogP contribution is 2.18. The van der Waals surface area contributed by atoms with Gasteiger partial charge in [-0.25, -0.2) is 0 Å². The van der Waals surface area contributed by atoms with E-state index in [9.17, 15) is 10.2 Å². The summed E-state index contributed by atoms with van der Waals surface area (Å²) in [7, 11) is 1.93. The number of aliphatic hydroxyl groups excluding tert-OH is 2. The topological polar surface area (TPSA) is 52.9 Å². The van der Waals surface area contributed by atoms with Crippen molar-refractivity contribution in [3.8, 4) is 5.75 Å². The van der Waals surface area contributed by atoms with E-state index < -0.39 is 6.10 Å². The summed E-state index contributed by atoms with van der Waals surface area (Å²) < 4.78 is 5.65. The van der Waals surface area contributed by atoms with Gasteiger partial charge in [-0.2, -0.15) is 0 Å². The Labute approximate surface area is 122 Å². The lowest BCUT2D eigenvalue weighted by Crippen LogP contribution is -2.34. The molecule has 0 bridgehead atoms. The first-order chi connectivity index (χ1) is 9.38. The molecule has 1 aromatic rings. The Bertz CT molecular complexity index is 407. The number of hydrogen-bond donors (Lipinski definition) is 2. The molecule has 1 aromatic carbocycles. The van der Waals surface area contributed by atoms with E-state index in [-0.39, 0.29) is 12.7 Å². The second-order valence-electron chi connectivity index (χ2n) is 5.63. The van der Waals surface area contributed by atoms with Gasteiger partial charge >= 0.3 is 0 Å². The predicted octanol–water partition coefficient (Wildman–Crippen LogP) is 1.75. The SMILES string of the molecule is Cc1ccc(OCC(O)CN(C)CCC(C)O)c(C)c1. The Balaban J connectivity index is 2.33. The fraction of sp³-hybridized carbons (Fsp3) is 0.625. The normalized spacial score (nSPS) is 14.3. The summed E-state index contributed by atoms with van der Waals surface area (Å²) in [5.41, 5.74) is 2.29. The zero-order valence-electron chi connectivity index (χ0n) is 13.0. The van der Waals surface area contributed by atoms with Crippen molar-refractivity contribution in [2.75, 3.05) is 26.7 Å². The molecule has 0 aromatic heterocycles. The molecule has 1 rings (SSSR count). The van der Waals surface area contributed by atoms with Crippen LogP contribution in [-0.2, 0) is 0 Å². The molecule has 0 aliphatic heterocycles. The quantitative estimate of drug-likeness (QED) is 0.762. The van der Waals surface area contributed by atoms with E-state index >= 15 is 0 Å². The minimum atomic E-state index is -0.533. The average molecular weight is 281 g/mol. The van der Waals surface area contributed by atoms with Gasteiger partial charge in [0.25, 0.3) is 0 Å². The van der Waals surface area contributed by atoms with Crippen molar-refractivity contribution < 1.29 is 14.9 Å². The Morgan fingerprint density at radius 3 is 2.55 bits per heavy atom. The Kier molecular flexibility index (Phi) is 6.99. The molecule has 0 heterocycles. The molecule has 114 valence electrons. The first kappa shape index (κ1) is 17.0. The van der Waals surface area contributed by atoms with Crippen LogP contribution in [0.3, 0.4) is 0 Å². The maximum atomic E-state index is 9.96. The Morgan fingerprint density at radius 1 is 1.25 bits per heavy atom. The molecule has 0 amide bonds. The number of ether oxygens (including phenoxy) is 1. The van der Waals surface area contributed by atoms with Gasteiger partial charge in [-0.3, -0.25) is 0 Å². The molecule has 0 saturated carbocycles. The Morgan fingerprint density at radius 2 is 1.95 bits per heavy atom. The first-order valence-corrected chi connectivity index (χ1v) is 7.13. The molecular formula is C16H27NO3. The van der Waals surface area contributed by atoms with Crippen molar-refractivity contribution in [1.29, 1.82) is 0 Å². The van der Waals surface area contributed by atoms with Crippen LogP contribution in [0.25, 0.3) is 0 Å². The molecule has 0 saturated heterocycles. The maximum absolute atomic E-state index is 9.96. The van der Waals surface area contributed by atoms with Crippen LogP contribution in [0.5, 0.6) is 5.75 Å². The number of benzene rings is 1. The van der Waals surface area contributed by atoms with Gasteiger partial charge < -0.3 is 19.8 Å². The van der Waals surface area contributed by atoms with Crippen molar-refractivity contribution in [3.63, 3.8) is 0 Å². The monoisotopic (exact) mass is 281 g/mol. The van der Waals surface area contributed by atoms with Crippen molar-refractivity contribution in [2.45, 2.75) is 39.4 Å². The summed E-state index contributed by atoms with van der Waals surface area (Å²) in [5.74, 6) is 0.821. The second-order valence-corrected chi connectivity index (χ2v) is 5.63. The van der Waals surface area contributed by atoms with Crippen molar-refractivity contribution >= 4 is 0 Å². The molecule has 0 aliphatic carbocycles. The van der Waals surface area contributed by atoms with Crippen LogP contribution in [0.4, 0.5) is 0 Å². The lowest BCUT2D eigenvalue weighted by molar-refractivity contribution is 0.0706. The minimum absolute atomic E-state index is 0.281. The largest absolute Gasteiger partial charge is 0.491 e. The molecule has 2 unspecified atom stereocenters. The van der Waals surface area contributed by atoms with Crippen molar-refractivity contribution in [1.82, 2.24) is 4.90 Å². The van der Waals surface area contributed by atoms with Crippen LogP contribution < -0.4 is 4.74 Å². The summed E-state index contributed by atoms with van der Waals surface area (Å²) in [6.45, 7) is 7.40. The highest BCUT2D eigenvalue weighted by atomic mass is 16.5. The number of likely N-dealkylation sites (N-methyl/N-ethyl adjacent to an activating group) is 1. The fourth-order valence-corrected chi connectivity index (χ4v) is 2.06. The van der Waals surface area contributed by atoms with E-state index in [1.807, 2.05) is 37.9 Å². The van der Waals surface area contributed by atoms with Crippen molar-refractivity contribution in [2.24, 2.45) is 0 Å². The van der Waals surface area contributed by atoms with Gasteiger partial charge in [0.1, 0.15) is 18.5 Å². The van der Waals surface area contributed by atoms with E-state index in [0.717, 1.165) is 17.9 Å². The van der Waals surface area contributed by atoms with E-state index in [2.05, 4.69) is 6.07 Å². The lowest BCUT2D eigenvalue weighted by Gasteiger charge is -2.21. The molecule has 4 nitrogen and oxygen atoms in total.